The third-order valence-electron chi connectivity index (χ3n) is 6.87. The monoisotopic (exact) mass is 394 g/mol. The molecule has 5 atom stereocenters. The number of amides is 1. The topological polar surface area (TPSA) is 121 Å². The van der Waals surface area contributed by atoms with E-state index >= 15 is 0 Å². The second kappa shape index (κ2) is 6.62. The third kappa shape index (κ3) is 3.40. The lowest BCUT2D eigenvalue weighted by atomic mass is 9.52. The van der Waals surface area contributed by atoms with Gasteiger partial charge in [0.25, 0.3) is 5.91 Å². The lowest BCUT2D eigenvalue weighted by Gasteiger charge is -2.58. The summed E-state index contributed by atoms with van der Waals surface area (Å²) in [5.74, 6) is 1.71. The number of nitrogens with zero attached hydrogens (tertiary/aromatic N) is 1. The standard InChI is InChI=1S/C22H26N4O3/c23-21(28)17-11-24-19(25-15-1-3-16(27)4-2-15)7-18(17)26-20-13-5-12-6-14(20)10-22(29,8-12)9-13/h1-4,7,11-14,20,27,29H,5-6,8-10H2,(H2,23,28)(H2,24,25,26)/t12-,13-,14+,20-,22-. The fourth-order valence-corrected chi connectivity index (χ4v) is 5.93. The fraction of sp³-hybridized carbons (Fsp3) is 0.455. The average molecular weight is 394 g/mol. The summed E-state index contributed by atoms with van der Waals surface area (Å²) in [5.41, 5.74) is 6.93. The van der Waals surface area contributed by atoms with Gasteiger partial charge in [0.2, 0.25) is 0 Å². The summed E-state index contributed by atoms with van der Waals surface area (Å²) < 4.78 is 0. The number of hydrogen-bond donors (Lipinski definition) is 5. The van der Waals surface area contributed by atoms with Crippen LogP contribution in [0.15, 0.2) is 36.5 Å². The molecule has 29 heavy (non-hydrogen) atoms. The number of hydrogen-bond acceptors (Lipinski definition) is 6. The van der Waals surface area contributed by atoms with E-state index in [1.165, 1.54) is 6.20 Å². The first-order valence-electron chi connectivity index (χ1n) is 10.2. The molecule has 152 valence electrons. The second-order valence-corrected chi connectivity index (χ2v) is 9.02. The van der Waals surface area contributed by atoms with Crippen LogP contribution in [-0.2, 0) is 0 Å². The summed E-state index contributed by atoms with van der Waals surface area (Å²) in [6, 6.07) is 8.74. The smallest absolute Gasteiger partial charge is 0.252 e. The molecular formula is C22H26N4O3. The number of rotatable bonds is 5. The van der Waals surface area contributed by atoms with Gasteiger partial charge in [-0.2, -0.15) is 0 Å². The molecule has 1 aromatic carbocycles. The van der Waals surface area contributed by atoms with Gasteiger partial charge in [-0.1, -0.05) is 0 Å². The van der Waals surface area contributed by atoms with Crippen LogP contribution in [0.2, 0.25) is 0 Å². The molecular weight excluding hydrogens is 368 g/mol. The van der Waals surface area contributed by atoms with Gasteiger partial charge < -0.3 is 26.6 Å². The molecule has 4 bridgehead atoms. The highest BCUT2D eigenvalue weighted by atomic mass is 16.3. The molecule has 0 spiro atoms. The number of aromatic hydroxyl groups is 1. The Labute approximate surface area is 169 Å². The van der Waals surface area contributed by atoms with Crippen molar-refractivity contribution in [2.24, 2.45) is 23.5 Å². The molecule has 6 N–H and O–H groups in total. The molecule has 6 rings (SSSR count). The van der Waals surface area contributed by atoms with Gasteiger partial charge in [-0.25, -0.2) is 4.98 Å². The van der Waals surface area contributed by atoms with Crippen LogP contribution >= 0.6 is 0 Å². The predicted molar refractivity (Wildman–Crippen MR) is 110 cm³/mol. The first-order chi connectivity index (χ1) is 13.9. The summed E-state index contributed by atoms with van der Waals surface area (Å²) in [4.78, 5) is 16.3. The molecule has 4 aliphatic rings. The minimum absolute atomic E-state index is 0.193. The third-order valence-corrected chi connectivity index (χ3v) is 6.87. The van der Waals surface area contributed by atoms with Crippen LogP contribution < -0.4 is 16.4 Å². The van der Waals surface area contributed by atoms with E-state index in [1.807, 2.05) is 6.07 Å². The summed E-state index contributed by atoms with van der Waals surface area (Å²) >= 11 is 0. The summed E-state index contributed by atoms with van der Waals surface area (Å²) in [5, 5.41) is 27.0. The minimum atomic E-state index is -0.515. The molecule has 7 heteroatoms. The average Bonchev–Trinajstić information content (AvgIpc) is 2.65. The maximum atomic E-state index is 12.0. The van der Waals surface area contributed by atoms with E-state index in [2.05, 4.69) is 15.6 Å². The summed E-state index contributed by atoms with van der Waals surface area (Å²) in [6.07, 6.45) is 6.35. The van der Waals surface area contributed by atoms with Crippen molar-refractivity contribution in [3.05, 3.63) is 42.1 Å². The van der Waals surface area contributed by atoms with Crippen LogP contribution in [0, 0.1) is 17.8 Å². The number of carbonyl (C=O) groups excluding carboxylic acids is 1. The van der Waals surface area contributed by atoms with Gasteiger partial charge in [0, 0.05) is 24.0 Å². The fourth-order valence-electron chi connectivity index (χ4n) is 5.93. The molecule has 0 saturated heterocycles. The molecule has 4 fully saturated rings. The molecule has 1 aromatic heterocycles. The van der Waals surface area contributed by atoms with Crippen LogP contribution in [0.25, 0.3) is 0 Å². The zero-order valence-corrected chi connectivity index (χ0v) is 16.1. The van der Waals surface area contributed by atoms with E-state index in [-0.39, 0.29) is 11.8 Å². The molecule has 0 aliphatic heterocycles. The van der Waals surface area contributed by atoms with E-state index in [1.54, 1.807) is 24.3 Å². The maximum Gasteiger partial charge on any atom is 0.252 e. The zero-order chi connectivity index (χ0) is 20.2. The van der Waals surface area contributed by atoms with E-state index in [0.717, 1.165) is 37.8 Å². The van der Waals surface area contributed by atoms with Crippen LogP contribution in [0.4, 0.5) is 17.2 Å². The number of anilines is 3. The molecule has 4 aliphatic carbocycles. The zero-order valence-electron chi connectivity index (χ0n) is 16.1. The first kappa shape index (κ1) is 18.2. The largest absolute Gasteiger partial charge is 0.508 e. The van der Waals surface area contributed by atoms with E-state index in [9.17, 15) is 15.0 Å². The van der Waals surface area contributed by atoms with E-state index in [4.69, 9.17) is 5.73 Å². The van der Waals surface area contributed by atoms with Crippen LogP contribution in [0.5, 0.6) is 5.75 Å². The maximum absolute atomic E-state index is 12.0. The molecule has 0 radical (unpaired) electrons. The molecule has 0 unspecified atom stereocenters. The number of benzene rings is 1. The van der Waals surface area contributed by atoms with Gasteiger partial charge in [-0.15, -0.1) is 0 Å². The number of carbonyl (C=O) groups is 1. The minimum Gasteiger partial charge on any atom is -0.508 e. The van der Waals surface area contributed by atoms with Crippen molar-refractivity contribution in [3.8, 4) is 5.75 Å². The highest BCUT2D eigenvalue weighted by Gasteiger charge is 2.54. The van der Waals surface area contributed by atoms with Gasteiger partial charge in [0.1, 0.15) is 11.6 Å². The Hall–Kier alpha value is -2.80. The molecule has 4 saturated carbocycles. The van der Waals surface area contributed by atoms with Crippen LogP contribution in [0.3, 0.4) is 0 Å². The van der Waals surface area contributed by atoms with Gasteiger partial charge in [-0.3, -0.25) is 4.79 Å². The van der Waals surface area contributed by atoms with Gasteiger partial charge in [0.15, 0.2) is 0 Å². The van der Waals surface area contributed by atoms with E-state index < -0.39 is 11.5 Å². The number of aromatic nitrogens is 1. The van der Waals surface area contributed by atoms with Crippen molar-refractivity contribution in [2.75, 3.05) is 10.6 Å². The number of pyridine rings is 1. The van der Waals surface area contributed by atoms with Crippen molar-refractivity contribution in [1.29, 1.82) is 0 Å². The highest BCUT2D eigenvalue weighted by molar-refractivity contribution is 5.98. The molecule has 1 heterocycles. The number of primary amides is 1. The van der Waals surface area contributed by atoms with Crippen LogP contribution in [-0.4, -0.2) is 32.7 Å². The number of phenolic OH excluding ortho intramolecular Hbond substituents is 1. The number of nitrogens with one attached hydrogen (secondary N) is 2. The summed E-state index contributed by atoms with van der Waals surface area (Å²) in [6.45, 7) is 0. The van der Waals surface area contributed by atoms with E-state index in [0.29, 0.717) is 34.8 Å². The second-order valence-electron chi connectivity index (χ2n) is 9.02. The molecule has 7 nitrogen and oxygen atoms in total. The SMILES string of the molecule is NC(=O)c1cnc(Nc2ccc(O)cc2)cc1N[C@@H]1[C@@H]2C[C@@H]3C[C@H]1C[C@@](O)(C3)C2. The Morgan fingerprint density at radius 2 is 1.83 bits per heavy atom. The Kier molecular flexibility index (Phi) is 4.17. The normalized spacial score (nSPS) is 32.2. The molecule has 2 aromatic rings. The Morgan fingerprint density at radius 1 is 1.14 bits per heavy atom. The quantitative estimate of drug-likeness (QED) is 0.497. The van der Waals surface area contributed by atoms with Gasteiger partial charge in [0.05, 0.1) is 16.9 Å². The lowest BCUT2D eigenvalue weighted by Crippen LogP contribution is -2.59. The molecule has 1 amide bonds. The number of phenols is 1. The summed E-state index contributed by atoms with van der Waals surface area (Å²) in [7, 11) is 0. The van der Waals surface area contributed by atoms with Crippen molar-refractivity contribution >= 4 is 23.1 Å². The first-order valence-corrected chi connectivity index (χ1v) is 10.2. The predicted octanol–water partition coefficient (Wildman–Crippen LogP) is 2.98. The Balaban J connectivity index is 1.41. The number of aliphatic hydroxyl groups is 1. The lowest BCUT2D eigenvalue weighted by molar-refractivity contribution is -0.129. The van der Waals surface area contributed by atoms with Crippen molar-refractivity contribution in [2.45, 2.75) is 43.7 Å². The van der Waals surface area contributed by atoms with Gasteiger partial charge in [-0.05, 0) is 74.1 Å². The Morgan fingerprint density at radius 3 is 2.45 bits per heavy atom. The van der Waals surface area contributed by atoms with Crippen molar-refractivity contribution in [3.63, 3.8) is 0 Å². The number of nitrogens with two attached hydrogens (primary N) is 1. The van der Waals surface area contributed by atoms with Crippen molar-refractivity contribution in [1.82, 2.24) is 4.98 Å². The van der Waals surface area contributed by atoms with Crippen LogP contribution in [0.1, 0.15) is 42.5 Å². The van der Waals surface area contributed by atoms with Gasteiger partial charge >= 0.3 is 0 Å². The highest BCUT2D eigenvalue weighted by Crippen LogP contribution is 2.56. The Bertz CT molecular complexity index is 930. The van der Waals surface area contributed by atoms with Crippen molar-refractivity contribution < 1.29 is 15.0 Å².